The summed E-state index contributed by atoms with van der Waals surface area (Å²) in [6.45, 7) is 0. The molecule has 2 aromatic rings. The zero-order valence-corrected chi connectivity index (χ0v) is 15.5. The molecule has 1 aliphatic carbocycles. The summed E-state index contributed by atoms with van der Waals surface area (Å²) < 4.78 is 43.2. The second kappa shape index (κ2) is 7.31. The number of hydrogen-bond acceptors (Lipinski definition) is 3. The molecule has 1 fully saturated rings. The first-order valence-corrected chi connectivity index (χ1v) is 9.23. The molecule has 0 saturated heterocycles. The second-order valence-electron chi connectivity index (χ2n) is 6.56. The first-order chi connectivity index (χ1) is 12.3. The van der Waals surface area contributed by atoms with E-state index < -0.39 is 18.1 Å². The van der Waals surface area contributed by atoms with Gasteiger partial charge in [0.15, 0.2) is 6.04 Å². The summed E-state index contributed by atoms with van der Waals surface area (Å²) in [4.78, 5) is 0. The lowest BCUT2D eigenvalue weighted by Crippen LogP contribution is -2.35. The van der Waals surface area contributed by atoms with Crippen LogP contribution in [-0.2, 0) is 0 Å². The number of nitrogen functional groups attached to an aromatic ring is 1. The molecule has 0 radical (unpaired) electrons. The lowest BCUT2D eigenvalue weighted by Gasteiger charge is -2.32. The highest BCUT2D eigenvalue weighted by Gasteiger charge is 2.48. The SMILES string of the molecule is N#Cc1c(-c2ccc(Br)cc2)nn(C(C2CCCCC2)C(F)(F)F)c1N. The summed E-state index contributed by atoms with van der Waals surface area (Å²) in [6, 6.07) is 6.99. The maximum absolute atomic E-state index is 13.9. The third-order valence-electron chi connectivity index (χ3n) is 4.87. The van der Waals surface area contributed by atoms with Gasteiger partial charge in [-0.3, -0.25) is 0 Å². The van der Waals surface area contributed by atoms with Crippen molar-refractivity contribution >= 4 is 21.7 Å². The number of anilines is 1. The van der Waals surface area contributed by atoms with E-state index in [0.29, 0.717) is 18.4 Å². The molecular formula is C18H18BrF3N4. The second-order valence-corrected chi connectivity index (χ2v) is 7.47. The molecule has 1 aromatic carbocycles. The van der Waals surface area contributed by atoms with Crippen molar-refractivity contribution in [2.75, 3.05) is 5.73 Å². The third-order valence-corrected chi connectivity index (χ3v) is 5.40. The van der Waals surface area contributed by atoms with Crippen molar-refractivity contribution < 1.29 is 13.2 Å². The first kappa shape index (κ1) is 18.8. The Balaban J connectivity index is 2.11. The number of nitriles is 1. The molecule has 2 N–H and O–H groups in total. The molecule has 138 valence electrons. The number of hydrogen-bond donors (Lipinski definition) is 1. The molecule has 0 amide bonds. The van der Waals surface area contributed by atoms with E-state index >= 15 is 0 Å². The van der Waals surface area contributed by atoms with Gasteiger partial charge in [-0.25, -0.2) is 4.68 Å². The highest BCUT2D eigenvalue weighted by Crippen LogP contribution is 2.45. The molecular weight excluding hydrogens is 409 g/mol. The van der Waals surface area contributed by atoms with Crippen molar-refractivity contribution in [1.29, 1.82) is 5.26 Å². The molecule has 1 atom stereocenters. The zero-order valence-electron chi connectivity index (χ0n) is 13.9. The van der Waals surface area contributed by atoms with Gasteiger partial charge in [0.1, 0.15) is 23.1 Å². The van der Waals surface area contributed by atoms with Crippen LogP contribution in [0.2, 0.25) is 0 Å². The molecule has 0 bridgehead atoms. The van der Waals surface area contributed by atoms with Crippen LogP contribution in [0.1, 0.15) is 43.7 Å². The Hall–Kier alpha value is -2.01. The Morgan fingerprint density at radius 2 is 1.81 bits per heavy atom. The fraction of sp³-hybridized carbons (Fsp3) is 0.444. The minimum Gasteiger partial charge on any atom is -0.383 e. The van der Waals surface area contributed by atoms with Crippen LogP contribution in [0.15, 0.2) is 28.7 Å². The zero-order chi connectivity index (χ0) is 18.9. The average molecular weight is 427 g/mol. The summed E-state index contributed by atoms with van der Waals surface area (Å²) in [5, 5.41) is 13.6. The number of alkyl halides is 3. The van der Waals surface area contributed by atoms with Gasteiger partial charge in [0, 0.05) is 10.0 Å². The van der Waals surface area contributed by atoms with Gasteiger partial charge in [-0.2, -0.15) is 23.5 Å². The van der Waals surface area contributed by atoms with E-state index in [-0.39, 0.29) is 17.1 Å². The molecule has 26 heavy (non-hydrogen) atoms. The lowest BCUT2D eigenvalue weighted by atomic mass is 9.83. The van der Waals surface area contributed by atoms with Crippen LogP contribution >= 0.6 is 15.9 Å². The van der Waals surface area contributed by atoms with Gasteiger partial charge in [-0.05, 0) is 30.9 Å². The molecule has 0 aliphatic heterocycles. The Morgan fingerprint density at radius 1 is 1.19 bits per heavy atom. The van der Waals surface area contributed by atoms with Crippen molar-refractivity contribution in [3.63, 3.8) is 0 Å². The minimum atomic E-state index is -4.48. The van der Waals surface area contributed by atoms with Crippen molar-refractivity contribution in [3.8, 4) is 17.3 Å². The van der Waals surface area contributed by atoms with Crippen molar-refractivity contribution in [3.05, 3.63) is 34.3 Å². The average Bonchev–Trinajstić information content (AvgIpc) is 2.92. The molecule has 8 heteroatoms. The van der Waals surface area contributed by atoms with Gasteiger partial charge in [0.05, 0.1) is 0 Å². The minimum absolute atomic E-state index is 0.0163. The maximum Gasteiger partial charge on any atom is 0.411 e. The van der Waals surface area contributed by atoms with Crippen LogP contribution in [0.25, 0.3) is 11.3 Å². The number of aromatic nitrogens is 2. The quantitative estimate of drug-likeness (QED) is 0.709. The summed E-state index contributed by atoms with van der Waals surface area (Å²) >= 11 is 3.31. The Morgan fingerprint density at radius 3 is 2.35 bits per heavy atom. The molecule has 1 aromatic heterocycles. The molecule has 4 nitrogen and oxygen atoms in total. The standard InChI is InChI=1S/C18H18BrF3N4/c19-13-8-6-11(7-9-13)15-14(10-23)17(24)26(25-15)16(18(20,21)22)12-4-2-1-3-5-12/h6-9,12,16H,1-5,24H2. The lowest BCUT2D eigenvalue weighted by molar-refractivity contribution is -0.186. The monoisotopic (exact) mass is 426 g/mol. The summed E-state index contributed by atoms with van der Waals surface area (Å²) in [5.74, 6) is -0.798. The number of halogens is 4. The number of nitrogens with zero attached hydrogens (tertiary/aromatic N) is 3. The molecule has 1 heterocycles. The molecule has 3 rings (SSSR count). The van der Waals surface area contributed by atoms with Crippen LogP contribution in [0.3, 0.4) is 0 Å². The fourth-order valence-electron chi connectivity index (χ4n) is 3.64. The van der Waals surface area contributed by atoms with Crippen molar-refractivity contribution in [2.24, 2.45) is 5.92 Å². The fourth-order valence-corrected chi connectivity index (χ4v) is 3.90. The van der Waals surface area contributed by atoms with Gasteiger partial charge in [0.25, 0.3) is 0 Å². The molecule has 1 unspecified atom stereocenters. The topological polar surface area (TPSA) is 67.6 Å². The normalized spacial score (nSPS) is 17.0. The smallest absolute Gasteiger partial charge is 0.383 e. The summed E-state index contributed by atoms with van der Waals surface area (Å²) in [6.07, 6.45) is -1.03. The van der Waals surface area contributed by atoms with Gasteiger partial charge in [0.2, 0.25) is 0 Å². The first-order valence-electron chi connectivity index (χ1n) is 8.43. The number of benzene rings is 1. The molecule has 1 aliphatic rings. The van der Waals surface area contributed by atoms with Crippen LogP contribution in [0.5, 0.6) is 0 Å². The van der Waals surface area contributed by atoms with E-state index in [4.69, 9.17) is 5.73 Å². The van der Waals surface area contributed by atoms with Crippen LogP contribution in [0.4, 0.5) is 19.0 Å². The highest BCUT2D eigenvalue weighted by atomic mass is 79.9. The Bertz CT molecular complexity index is 815. The number of nitrogens with two attached hydrogens (primary N) is 1. The van der Waals surface area contributed by atoms with Gasteiger partial charge in [-0.15, -0.1) is 0 Å². The van der Waals surface area contributed by atoms with E-state index in [0.717, 1.165) is 28.4 Å². The van der Waals surface area contributed by atoms with E-state index in [1.807, 2.05) is 6.07 Å². The van der Waals surface area contributed by atoms with E-state index in [9.17, 15) is 18.4 Å². The maximum atomic E-state index is 13.9. The van der Waals surface area contributed by atoms with E-state index in [2.05, 4.69) is 21.0 Å². The highest BCUT2D eigenvalue weighted by molar-refractivity contribution is 9.10. The predicted octanol–water partition coefficient (Wildman–Crippen LogP) is 5.45. The molecule has 0 spiro atoms. The predicted molar refractivity (Wildman–Crippen MR) is 96.2 cm³/mol. The van der Waals surface area contributed by atoms with Crippen molar-refractivity contribution in [1.82, 2.24) is 9.78 Å². The summed E-state index contributed by atoms with van der Waals surface area (Å²) in [5.41, 5.74) is 6.68. The van der Waals surface area contributed by atoms with Crippen molar-refractivity contribution in [2.45, 2.75) is 44.3 Å². The Kier molecular flexibility index (Phi) is 5.28. The van der Waals surface area contributed by atoms with Crippen LogP contribution < -0.4 is 5.73 Å². The van der Waals surface area contributed by atoms with Crippen LogP contribution in [-0.4, -0.2) is 16.0 Å². The van der Waals surface area contributed by atoms with E-state index in [1.165, 1.54) is 0 Å². The van der Waals surface area contributed by atoms with Crippen LogP contribution in [0, 0.1) is 17.2 Å². The Labute approximate surface area is 157 Å². The van der Waals surface area contributed by atoms with Gasteiger partial charge in [-0.1, -0.05) is 47.3 Å². The van der Waals surface area contributed by atoms with E-state index in [1.54, 1.807) is 24.3 Å². The van der Waals surface area contributed by atoms with Gasteiger partial charge < -0.3 is 5.73 Å². The molecule has 1 saturated carbocycles. The number of rotatable bonds is 3. The third kappa shape index (κ3) is 3.58. The summed E-state index contributed by atoms with van der Waals surface area (Å²) in [7, 11) is 0. The largest absolute Gasteiger partial charge is 0.411 e. The van der Waals surface area contributed by atoms with Gasteiger partial charge >= 0.3 is 6.18 Å².